The largest absolute Gasteiger partial charge is 0.292 e. The summed E-state index contributed by atoms with van der Waals surface area (Å²) in [5.74, 6) is 0. The molecule has 0 amide bonds. The van der Waals surface area contributed by atoms with Gasteiger partial charge in [-0.1, -0.05) is 346 Å². The van der Waals surface area contributed by atoms with E-state index < -0.39 is 23.8 Å². The Kier molecular flexibility index (Phi) is 26.3. The Morgan fingerprint density at radius 1 is 0.205 bits per heavy atom. The van der Waals surface area contributed by atoms with Crippen LogP contribution in [0, 0.1) is 0 Å². The number of hydrogen-bond donors (Lipinski definition) is 0. The molecule has 0 saturated heterocycles. The van der Waals surface area contributed by atoms with Crippen LogP contribution in [0.3, 0.4) is 0 Å². The van der Waals surface area contributed by atoms with Gasteiger partial charge in [-0.3, -0.25) is 15.0 Å². The van der Waals surface area contributed by atoms with Crippen molar-refractivity contribution in [3.05, 3.63) is 379 Å². The molecule has 7 heteroatoms. The first-order valence-corrected chi connectivity index (χ1v) is 33.9. The first kappa shape index (κ1) is 64.1. The van der Waals surface area contributed by atoms with E-state index in [2.05, 4.69) is 364 Å². The third kappa shape index (κ3) is 19.3. The van der Waals surface area contributed by atoms with E-state index >= 15 is 0 Å². The SMILES string of the molecule is C(=NCCc1ccccc1)c1ccccc1P(c1ccccc1)c1ccccc1.C(=NCCc1ccccc1)c1ccccc1P(c1ccccc1)c1ccccc1.C(=NCCc1ccccc1)c1ccccc1P(c1ccccc1)c1ccccc1.[Pt]. The number of aliphatic imine (C=N–C) groups is 3. The summed E-state index contributed by atoms with van der Waals surface area (Å²) in [4.78, 5) is 14.3. The molecule has 0 aliphatic heterocycles. The van der Waals surface area contributed by atoms with Crippen molar-refractivity contribution in [1.29, 1.82) is 0 Å². The van der Waals surface area contributed by atoms with E-state index in [1.165, 1.54) is 81.1 Å². The fourth-order valence-corrected chi connectivity index (χ4v) is 17.4. The molecule has 0 saturated carbocycles. The monoisotopic (exact) mass is 1370 g/mol. The van der Waals surface area contributed by atoms with Gasteiger partial charge in [-0.2, -0.15) is 0 Å². The van der Waals surface area contributed by atoms with Gasteiger partial charge in [0, 0.05) is 76.0 Å². The van der Waals surface area contributed by atoms with Gasteiger partial charge in [-0.25, -0.2) is 0 Å². The van der Waals surface area contributed by atoms with Crippen molar-refractivity contribution in [3.8, 4) is 0 Å². The predicted octanol–water partition coefficient (Wildman–Crippen LogP) is 15.3. The molecule has 3 nitrogen and oxygen atoms in total. The van der Waals surface area contributed by atoms with Gasteiger partial charge in [0.05, 0.1) is 0 Å². The molecule has 0 bridgehead atoms. The zero-order valence-electron chi connectivity index (χ0n) is 49.4. The zero-order chi connectivity index (χ0) is 59.2. The van der Waals surface area contributed by atoms with Crippen molar-refractivity contribution in [3.63, 3.8) is 0 Å². The van der Waals surface area contributed by atoms with Crippen LogP contribution in [0.15, 0.2) is 361 Å². The van der Waals surface area contributed by atoms with E-state index in [4.69, 9.17) is 15.0 Å². The minimum Gasteiger partial charge on any atom is -0.292 e. The Morgan fingerprint density at radius 3 is 0.580 bits per heavy atom. The first-order chi connectivity index (χ1) is 43.2. The molecule has 0 N–H and O–H groups in total. The van der Waals surface area contributed by atoms with Crippen LogP contribution in [0.5, 0.6) is 0 Å². The molecule has 12 aromatic rings. The summed E-state index contributed by atoms with van der Waals surface area (Å²) in [5, 5.41) is 12.2. The molecule has 0 atom stereocenters. The Bertz CT molecular complexity index is 3440. The van der Waals surface area contributed by atoms with Crippen molar-refractivity contribution in [2.45, 2.75) is 19.3 Å². The van der Waals surface area contributed by atoms with Gasteiger partial charge < -0.3 is 0 Å². The Hall–Kier alpha value is -8.37. The first-order valence-electron chi connectivity index (χ1n) is 29.8. The third-order valence-electron chi connectivity index (χ3n) is 14.4. The van der Waals surface area contributed by atoms with Crippen molar-refractivity contribution in [2.75, 3.05) is 19.6 Å². The van der Waals surface area contributed by atoms with E-state index in [1.807, 2.05) is 0 Å². The van der Waals surface area contributed by atoms with Crippen LogP contribution in [0.1, 0.15) is 33.4 Å². The number of benzene rings is 12. The maximum absolute atomic E-state index is 4.75. The van der Waals surface area contributed by atoms with Gasteiger partial charge >= 0.3 is 0 Å². The minimum absolute atomic E-state index is 0. The van der Waals surface area contributed by atoms with Crippen LogP contribution in [0.25, 0.3) is 0 Å². The van der Waals surface area contributed by atoms with Crippen LogP contribution in [-0.2, 0) is 40.3 Å². The maximum atomic E-state index is 4.75. The average molecular weight is 1380 g/mol. The molecule has 12 aromatic carbocycles. The van der Waals surface area contributed by atoms with Gasteiger partial charge in [0.25, 0.3) is 0 Å². The van der Waals surface area contributed by atoms with E-state index in [0.29, 0.717) is 0 Å². The van der Waals surface area contributed by atoms with Crippen LogP contribution in [0.4, 0.5) is 0 Å². The molecule has 0 aromatic heterocycles. The molecular formula is C81H72N3P3Pt. The van der Waals surface area contributed by atoms with E-state index in [0.717, 1.165) is 38.9 Å². The molecule has 88 heavy (non-hydrogen) atoms. The van der Waals surface area contributed by atoms with Gasteiger partial charge in [-0.15, -0.1) is 0 Å². The molecule has 436 valence electrons. The molecule has 0 heterocycles. The van der Waals surface area contributed by atoms with E-state index in [1.54, 1.807) is 0 Å². The summed E-state index contributed by atoms with van der Waals surface area (Å²) < 4.78 is 0. The van der Waals surface area contributed by atoms with Gasteiger partial charge in [-0.05, 0) is 107 Å². The Balaban J connectivity index is 0.000000156. The van der Waals surface area contributed by atoms with Crippen LogP contribution in [-0.4, -0.2) is 38.3 Å². The summed E-state index contributed by atoms with van der Waals surface area (Å²) in [5.41, 5.74) is 7.61. The predicted molar refractivity (Wildman–Crippen MR) is 383 cm³/mol. The fourth-order valence-electron chi connectivity index (χ4n) is 10.1. The second kappa shape index (κ2) is 36.1. The van der Waals surface area contributed by atoms with Crippen molar-refractivity contribution >= 4 is 90.1 Å². The van der Waals surface area contributed by atoms with Crippen LogP contribution >= 0.6 is 23.8 Å². The topological polar surface area (TPSA) is 37.1 Å². The quantitative estimate of drug-likeness (QED) is 0.0508. The van der Waals surface area contributed by atoms with Gasteiger partial charge in [0.15, 0.2) is 0 Å². The summed E-state index contributed by atoms with van der Waals surface area (Å²) in [6.07, 6.45) is 9.06. The summed E-state index contributed by atoms with van der Waals surface area (Å²) in [7, 11) is -1.87. The summed E-state index contributed by atoms with van der Waals surface area (Å²) in [6.45, 7) is 2.40. The van der Waals surface area contributed by atoms with Crippen molar-refractivity contribution < 1.29 is 21.1 Å². The van der Waals surface area contributed by atoms with Gasteiger partial charge in [0.2, 0.25) is 0 Å². The minimum atomic E-state index is -0.623. The molecule has 0 unspecified atom stereocenters. The van der Waals surface area contributed by atoms with Crippen molar-refractivity contribution in [1.82, 2.24) is 0 Å². The molecular weight excluding hydrogens is 1300 g/mol. The number of rotatable bonds is 21. The van der Waals surface area contributed by atoms with E-state index in [-0.39, 0.29) is 21.1 Å². The summed E-state index contributed by atoms with van der Waals surface area (Å²) >= 11 is 0. The Morgan fingerprint density at radius 2 is 0.375 bits per heavy atom. The number of nitrogens with zero attached hydrogens (tertiary/aromatic N) is 3. The molecule has 12 rings (SSSR count). The molecule has 0 aliphatic rings. The van der Waals surface area contributed by atoms with Gasteiger partial charge in [0.1, 0.15) is 0 Å². The third-order valence-corrected chi connectivity index (χ3v) is 22.0. The smallest absolute Gasteiger partial charge is 0.0429 e. The molecule has 0 aliphatic carbocycles. The number of hydrogen-bond acceptors (Lipinski definition) is 3. The molecule has 0 fully saturated rings. The average Bonchev–Trinajstić information content (AvgIpc) is 1.81. The maximum Gasteiger partial charge on any atom is 0.0429 e. The second-order valence-electron chi connectivity index (χ2n) is 20.5. The zero-order valence-corrected chi connectivity index (χ0v) is 54.3. The van der Waals surface area contributed by atoms with Crippen LogP contribution < -0.4 is 47.7 Å². The Labute approximate surface area is 540 Å². The fraction of sp³-hybridized carbons (Fsp3) is 0.0741. The normalized spacial score (nSPS) is 11.1. The van der Waals surface area contributed by atoms with Crippen LogP contribution in [0.2, 0.25) is 0 Å². The summed E-state index contributed by atoms with van der Waals surface area (Å²) in [6, 6.07) is 123. The molecule has 0 spiro atoms. The second-order valence-corrected chi connectivity index (χ2v) is 27.1. The molecule has 0 radical (unpaired) electrons. The van der Waals surface area contributed by atoms with E-state index in [9.17, 15) is 0 Å². The van der Waals surface area contributed by atoms with Crippen molar-refractivity contribution in [2.24, 2.45) is 15.0 Å². The standard InChI is InChI=1S/3C27H24NP.Pt/c3*1-4-12-23(13-5-1)20-21-28-22-24-14-10-11-19-27(24)29(25-15-6-2-7-16-25)26-17-8-3-9-18-26;/h3*1-19,22H,20-21H2;.